The van der Waals surface area contributed by atoms with Crippen LogP contribution in [0.4, 0.5) is 17.2 Å². The van der Waals surface area contributed by atoms with Crippen molar-refractivity contribution in [1.29, 1.82) is 0 Å². The van der Waals surface area contributed by atoms with Crippen LogP contribution in [0.25, 0.3) is 0 Å². The van der Waals surface area contributed by atoms with Gasteiger partial charge in [0.15, 0.2) is 0 Å². The van der Waals surface area contributed by atoms with Crippen LogP contribution >= 0.6 is 0 Å². The minimum atomic E-state index is -0.269. The Balaban J connectivity index is 1.72. The topological polar surface area (TPSA) is 72.5 Å². The Kier molecular flexibility index (Phi) is 6.34. The number of nitrogens with zero attached hydrogens (tertiary/aromatic N) is 1. The lowest BCUT2D eigenvalue weighted by Crippen LogP contribution is -2.12. The summed E-state index contributed by atoms with van der Waals surface area (Å²) in [4.78, 5) is 17.0. The number of aromatic nitrogens is 1. The van der Waals surface area contributed by atoms with Gasteiger partial charge in [0.25, 0.3) is 5.91 Å². The molecule has 0 radical (unpaired) electrons. The second-order valence-electron chi connectivity index (χ2n) is 6.85. The maximum atomic E-state index is 12.6. The molecule has 0 saturated carbocycles. The van der Waals surface area contributed by atoms with Gasteiger partial charge in [0, 0.05) is 17.3 Å². The second kappa shape index (κ2) is 9.10. The molecule has 0 aliphatic rings. The second-order valence-corrected chi connectivity index (χ2v) is 6.85. The van der Waals surface area contributed by atoms with E-state index in [1.54, 1.807) is 38.6 Å². The fourth-order valence-electron chi connectivity index (χ4n) is 2.94. The van der Waals surface area contributed by atoms with Gasteiger partial charge in [-0.05, 0) is 41.8 Å². The monoisotopic (exact) mass is 391 g/mol. The third-order valence-corrected chi connectivity index (χ3v) is 4.48. The third-order valence-electron chi connectivity index (χ3n) is 4.48. The van der Waals surface area contributed by atoms with E-state index in [0.29, 0.717) is 34.5 Å². The number of nitrogens with one attached hydrogen (secondary N) is 2. The van der Waals surface area contributed by atoms with Crippen molar-refractivity contribution in [2.75, 3.05) is 24.9 Å². The van der Waals surface area contributed by atoms with Crippen LogP contribution in [-0.2, 0) is 0 Å². The molecule has 0 aliphatic heterocycles. The molecule has 0 fully saturated rings. The Morgan fingerprint density at radius 3 is 2.24 bits per heavy atom. The van der Waals surface area contributed by atoms with Crippen molar-refractivity contribution in [3.05, 3.63) is 71.9 Å². The van der Waals surface area contributed by atoms with Crippen LogP contribution in [0, 0.1) is 0 Å². The minimum absolute atomic E-state index is 0.269. The van der Waals surface area contributed by atoms with Crippen LogP contribution in [0.1, 0.15) is 35.7 Å². The van der Waals surface area contributed by atoms with Crippen molar-refractivity contribution in [2.45, 2.75) is 19.8 Å². The van der Waals surface area contributed by atoms with E-state index in [1.165, 1.54) is 5.56 Å². The van der Waals surface area contributed by atoms with Crippen molar-refractivity contribution >= 4 is 23.1 Å². The Bertz CT molecular complexity index is 963. The number of pyridine rings is 1. The molecule has 0 aliphatic carbocycles. The zero-order chi connectivity index (χ0) is 20.8. The number of carbonyl (C=O) groups is 1. The molecule has 3 aromatic rings. The maximum Gasteiger partial charge on any atom is 0.255 e. The first-order valence-electron chi connectivity index (χ1n) is 9.36. The van der Waals surface area contributed by atoms with Gasteiger partial charge in [0.2, 0.25) is 0 Å². The quantitative estimate of drug-likeness (QED) is 0.578. The molecule has 2 aromatic carbocycles. The van der Waals surface area contributed by atoms with Crippen LogP contribution < -0.4 is 20.1 Å². The Morgan fingerprint density at radius 1 is 0.966 bits per heavy atom. The number of anilines is 3. The van der Waals surface area contributed by atoms with Crippen molar-refractivity contribution < 1.29 is 14.3 Å². The summed E-state index contributed by atoms with van der Waals surface area (Å²) in [6.07, 6.45) is 1.62. The van der Waals surface area contributed by atoms with E-state index in [1.807, 2.05) is 30.3 Å². The minimum Gasteiger partial charge on any atom is -0.497 e. The van der Waals surface area contributed by atoms with E-state index in [4.69, 9.17) is 9.47 Å². The van der Waals surface area contributed by atoms with Crippen molar-refractivity contribution in [3.63, 3.8) is 0 Å². The largest absolute Gasteiger partial charge is 0.497 e. The number of para-hydroxylation sites is 1. The molecule has 6 heteroatoms. The molecule has 3 rings (SSSR count). The van der Waals surface area contributed by atoms with Gasteiger partial charge in [-0.2, -0.15) is 0 Å². The molecule has 1 amide bonds. The number of hydrogen-bond acceptors (Lipinski definition) is 5. The summed E-state index contributed by atoms with van der Waals surface area (Å²) in [5.74, 6) is 1.94. The summed E-state index contributed by atoms with van der Waals surface area (Å²) in [6, 6.07) is 16.8. The number of amides is 1. The summed E-state index contributed by atoms with van der Waals surface area (Å²) < 4.78 is 10.4. The van der Waals surface area contributed by atoms with Gasteiger partial charge in [-0.1, -0.05) is 32.0 Å². The van der Waals surface area contributed by atoms with E-state index in [2.05, 4.69) is 35.5 Å². The van der Waals surface area contributed by atoms with Crippen LogP contribution in [0.15, 0.2) is 60.8 Å². The highest BCUT2D eigenvalue weighted by Gasteiger charge is 2.11. The Hall–Kier alpha value is -3.54. The summed E-state index contributed by atoms with van der Waals surface area (Å²) in [5, 5.41) is 6.18. The Morgan fingerprint density at radius 2 is 1.66 bits per heavy atom. The number of methoxy groups -OCH3 is 2. The zero-order valence-corrected chi connectivity index (χ0v) is 17.0. The van der Waals surface area contributed by atoms with Crippen LogP contribution in [-0.4, -0.2) is 25.1 Å². The first-order valence-corrected chi connectivity index (χ1v) is 9.36. The van der Waals surface area contributed by atoms with E-state index in [0.717, 1.165) is 5.69 Å². The number of ether oxygens (including phenoxy) is 2. The zero-order valence-electron chi connectivity index (χ0n) is 17.0. The van der Waals surface area contributed by atoms with Gasteiger partial charge < -0.3 is 20.1 Å². The number of rotatable bonds is 7. The summed E-state index contributed by atoms with van der Waals surface area (Å²) in [5.41, 5.74) is 3.28. The first kappa shape index (κ1) is 20.2. The van der Waals surface area contributed by atoms with Crippen molar-refractivity contribution in [2.24, 2.45) is 0 Å². The van der Waals surface area contributed by atoms with Crippen molar-refractivity contribution in [1.82, 2.24) is 4.98 Å². The first-order chi connectivity index (χ1) is 14.0. The van der Waals surface area contributed by atoms with Crippen LogP contribution in [0.5, 0.6) is 11.5 Å². The SMILES string of the molecule is COc1cc(OC)cc(C(=O)Nc2ccc(Nc3ccccc3C(C)C)nc2)c1. The highest BCUT2D eigenvalue weighted by Crippen LogP contribution is 2.27. The lowest BCUT2D eigenvalue weighted by molar-refractivity contribution is 0.102. The molecule has 2 N–H and O–H groups in total. The molecule has 0 spiro atoms. The fraction of sp³-hybridized carbons (Fsp3) is 0.217. The maximum absolute atomic E-state index is 12.6. The summed E-state index contributed by atoms with van der Waals surface area (Å²) >= 11 is 0. The smallest absolute Gasteiger partial charge is 0.255 e. The molecular formula is C23H25N3O3. The summed E-state index contributed by atoms with van der Waals surface area (Å²) in [7, 11) is 3.09. The van der Waals surface area contributed by atoms with E-state index >= 15 is 0 Å². The molecule has 6 nitrogen and oxygen atoms in total. The standard InChI is InChI=1S/C23H25N3O3/c1-15(2)20-7-5-6-8-21(20)26-22-10-9-17(14-24-22)25-23(27)16-11-18(28-3)13-19(12-16)29-4/h5-15H,1-4H3,(H,24,26)(H,25,27). The molecule has 150 valence electrons. The van der Waals surface area contributed by atoms with Gasteiger partial charge in [-0.15, -0.1) is 0 Å². The number of hydrogen-bond donors (Lipinski definition) is 2. The van der Waals surface area contributed by atoms with E-state index < -0.39 is 0 Å². The number of benzene rings is 2. The highest BCUT2D eigenvalue weighted by atomic mass is 16.5. The molecule has 1 aromatic heterocycles. The molecule has 1 heterocycles. The summed E-state index contributed by atoms with van der Waals surface area (Å²) in [6.45, 7) is 4.31. The third kappa shape index (κ3) is 5.04. The highest BCUT2D eigenvalue weighted by molar-refractivity contribution is 6.04. The van der Waals surface area contributed by atoms with E-state index in [-0.39, 0.29) is 5.91 Å². The van der Waals surface area contributed by atoms with E-state index in [9.17, 15) is 4.79 Å². The van der Waals surface area contributed by atoms with Crippen LogP contribution in [0.2, 0.25) is 0 Å². The average molecular weight is 391 g/mol. The molecule has 0 unspecified atom stereocenters. The predicted molar refractivity (Wildman–Crippen MR) is 116 cm³/mol. The average Bonchev–Trinajstić information content (AvgIpc) is 2.74. The van der Waals surface area contributed by atoms with Gasteiger partial charge in [0.1, 0.15) is 17.3 Å². The van der Waals surface area contributed by atoms with Crippen molar-refractivity contribution in [3.8, 4) is 11.5 Å². The Labute approximate surface area is 170 Å². The molecule has 0 saturated heterocycles. The molecule has 29 heavy (non-hydrogen) atoms. The predicted octanol–water partition coefficient (Wildman–Crippen LogP) is 5.22. The lowest BCUT2D eigenvalue weighted by Gasteiger charge is -2.14. The lowest BCUT2D eigenvalue weighted by atomic mass is 10.0. The molecule has 0 atom stereocenters. The molecular weight excluding hydrogens is 366 g/mol. The fourth-order valence-corrected chi connectivity index (χ4v) is 2.94. The number of carbonyl (C=O) groups excluding carboxylic acids is 1. The van der Waals surface area contributed by atoms with Gasteiger partial charge in [-0.3, -0.25) is 4.79 Å². The normalized spacial score (nSPS) is 10.5. The van der Waals surface area contributed by atoms with Gasteiger partial charge >= 0.3 is 0 Å². The van der Waals surface area contributed by atoms with Gasteiger partial charge in [0.05, 0.1) is 26.1 Å². The van der Waals surface area contributed by atoms with Crippen LogP contribution in [0.3, 0.4) is 0 Å². The van der Waals surface area contributed by atoms with Gasteiger partial charge in [-0.25, -0.2) is 4.98 Å². The molecule has 0 bridgehead atoms.